The van der Waals surface area contributed by atoms with Gasteiger partial charge in [-0.25, -0.2) is 9.79 Å². The SMILES string of the molecule is CCCCCc1ccc(C2=N/C(=C\c3ccco3)C(=O)O2)cc1. The van der Waals surface area contributed by atoms with E-state index in [4.69, 9.17) is 9.15 Å². The lowest BCUT2D eigenvalue weighted by Crippen LogP contribution is -2.05. The maximum Gasteiger partial charge on any atom is 0.363 e. The fourth-order valence-electron chi connectivity index (χ4n) is 2.43. The number of rotatable bonds is 6. The standard InChI is InChI=1S/C19H19NO3/c1-2-3-4-6-14-8-10-15(11-9-14)18-20-17(19(21)23-18)13-16-7-5-12-22-16/h5,7-13H,2-4,6H2,1H3/b17-13-. The molecule has 1 aromatic carbocycles. The zero-order chi connectivity index (χ0) is 16.1. The Labute approximate surface area is 135 Å². The van der Waals surface area contributed by atoms with Crippen LogP contribution in [-0.4, -0.2) is 11.9 Å². The van der Waals surface area contributed by atoms with E-state index in [1.807, 2.05) is 12.1 Å². The Morgan fingerprint density at radius 2 is 1.96 bits per heavy atom. The molecule has 0 radical (unpaired) electrons. The summed E-state index contributed by atoms with van der Waals surface area (Å²) in [6, 6.07) is 11.5. The summed E-state index contributed by atoms with van der Waals surface area (Å²) in [4.78, 5) is 16.1. The van der Waals surface area contributed by atoms with Crippen molar-refractivity contribution < 1.29 is 13.9 Å². The number of nitrogens with zero attached hydrogens (tertiary/aromatic N) is 1. The first-order chi connectivity index (χ1) is 11.3. The zero-order valence-electron chi connectivity index (χ0n) is 13.1. The lowest BCUT2D eigenvalue weighted by molar-refractivity contribution is -0.129. The maximum atomic E-state index is 11.9. The van der Waals surface area contributed by atoms with Crippen molar-refractivity contribution in [3.63, 3.8) is 0 Å². The third-order valence-electron chi connectivity index (χ3n) is 3.71. The van der Waals surface area contributed by atoms with Crippen LogP contribution in [0.3, 0.4) is 0 Å². The van der Waals surface area contributed by atoms with E-state index >= 15 is 0 Å². The molecule has 23 heavy (non-hydrogen) atoms. The third kappa shape index (κ3) is 3.77. The van der Waals surface area contributed by atoms with Crippen molar-refractivity contribution in [3.8, 4) is 0 Å². The van der Waals surface area contributed by atoms with Gasteiger partial charge in [-0.05, 0) is 42.7 Å². The van der Waals surface area contributed by atoms with Gasteiger partial charge in [-0.2, -0.15) is 0 Å². The highest BCUT2D eigenvalue weighted by Gasteiger charge is 2.24. The second kappa shape index (κ2) is 7.09. The Morgan fingerprint density at radius 1 is 1.13 bits per heavy atom. The maximum absolute atomic E-state index is 11.9. The molecule has 0 saturated heterocycles. The topological polar surface area (TPSA) is 51.8 Å². The molecule has 118 valence electrons. The molecule has 0 spiro atoms. The Morgan fingerprint density at radius 3 is 2.65 bits per heavy atom. The number of unbranched alkanes of at least 4 members (excludes halogenated alkanes) is 2. The van der Waals surface area contributed by atoms with E-state index in [1.54, 1.807) is 24.5 Å². The van der Waals surface area contributed by atoms with E-state index in [9.17, 15) is 4.79 Å². The number of esters is 1. The number of ether oxygens (including phenoxy) is 1. The first-order valence-electron chi connectivity index (χ1n) is 7.91. The minimum absolute atomic E-state index is 0.252. The van der Waals surface area contributed by atoms with Crippen LogP contribution in [0.1, 0.15) is 43.1 Å². The van der Waals surface area contributed by atoms with Crippen LogP contribution in [0.5, 0.6) is 0 Å². The molecular formula is C19H19NO3. The lowest BCUT2D eigenvalue weighted by Gasteiger charge is -2.03. The highest BCUT2D eigenvalue weighted by molar-refractivity contribution is 6.12. The number of hydrogen-bond acceptors (Lipinski definition) is 4. The second-order valence-electron chi connectivity index (χ2n) is 5.51. The summed E-state index contributed by atoms with van der Waals surface area (Å²) in [5.74, 6) is 0.463. The molecule has 0 N–H and O–H groups in total. The normalized spacial score (nSPS) is 15.8. The number of benzene rings is 1. The number of aryl methyl sites for hydroxylation is 1. The van der Waals surface area contributed by atoms with E-state index in [-0.39, 0.29) is 5.70 Å². The average Bonchev–Trinajstić information content (AvgIpc) is 3.19. The molecule has 2 heterocycles. The molecule has 2 aromatic rings. The van der Waals surface area contributed by atoms with Gasteiger partial charge < -0.3 is 9.15 Å². The zero-order valence-corrected chi connectivity index (χ0v) is 13.1. The van der Waals surface area contributed by atoms with E-state index in [1.165, 1.54) is 24.8 Å². The van der Waals surface area contributed by atoms with Gasteiger partial charge in [-0.1, -0.05) is 31.9 Å². The van der Waals surface area contributed by atoms with Crippen LogP contribution >= 0.6 is 0 Å². The molecule has 1 aliphatic rings. The van der Waals surface area contributed by atoms with Crippen LogP contribution < -0.4 is 0 Å². The fraction of sp³-hybridized carbons (Fsp3) is 0.263. The third-order valence-corrected chi connectivity index (χ3v) is 3.71. The first kappa shape index (κ1) is 15.3. The summed E-state index contributed by atoms with van der Waals surface area (Å²) in [7, 11) is 0. The second-order valence-corrected chi connectivity index (χ2v) is 5.51. The fourth-order valence-corrected chi connectivity index (χ4v) is 2.43. The molecule has 4 heteroatoms. The molecular weight excluding hydrogens is 290 g/mol. The van der Waals surface area contributed by atoms with E-state index in [0.717, 1.165) is 12.0 Å². The molecule has 3 rings (SSSR count). The van der Waals surface area contributed by atoms with E-state index in [2.05, 4.69) is 24.0 Å². The molecule has 0 fully saturated rings. The molecule has 0 saturated carbocycles. The van der Waals surface area contributed by atoms with Gasteiger partial charge in [0.25, 0.3) is 0 Å². The van der Waals surface area contributed by atoms with Crippen molar-refractivity contribution in [1.29, 1.82) is 0 Å². The van der Waals surface area contributed by atoms with Gasteiger partial charge in [0.15, 0.2) is 5.70 Å². The van der Waals surface area contributed by atoms with Gasteiger partial charge in [-0.3, -0.25) is 0 Å². The molecule has 4 nitrogen and oxygen atoms in total. The minimum atomic E-state index is -0.455. The smallest absolute Gasteiger partial charge is 0.363 e. The number of furan rings is 1. The molecule has 1 aliphatic heterocycles. The number of carbonyl (C=O) groups excluding carboxylic acids is 1. The highest BCUT2D eigenvalue weighted by Crippen LogP contribution is 2.20. The summed E-state index contributed by atoms with van der Waals surface area (Å²) in [6.07, 6.45) is 7.86. The summed E-state index contributed by atoms with van der Waals surface area (Å²) < 4.78 is 10.4. The molecule has 0 atom stereocenters. The average molecular weight is 309 g/mol. The van der Waals surface area contributed by atoms with Crippen LogP contribution in [0.4, 0.5) is 0 Å². The predicted octanol–water partition coefficient (Wildman–Crippen LogP) is 4.36. The van der Waals surface area contributed by atoms with E-state index < -0.39 is 5.97 Å². The van der Waals surface area contributed by atoms with Crippen molar-refractivity contribution >= 4 is 17.9 Å². The number of cyclic esters (lactones) is 1. The van der Waals surface area contributed by atoms with Crippen molar-refractivity contribution in [2.24, 2.45) is 4.99 Å². The molecule has 0 unspecified atom stereocenters. The predicted molar refractivity (Wildman–Crippen MR) is 89.0 cm³/mol. The molecule has 0 bridgehead atoms. The van der Waals surface area contributed by atoms with Gasteiger partial charge in [0.05, 0.1) is 6.26 Å². The molecule has 1 aromatic heterocycles. The largest absolute Gasteiger partial charge is 0.465 e. The van der Waals surface area contributed by atoms with Gasteiger partial charge in [-0.15, -0.1) is 0 Å². The highest BCUT2D eigenvalue weighted by atomic mass is 16.6. The monoisotopic (exact) mass is 309 g/mol. The van der Waals surface area contributed by atoms with Crippen LogP contribution in [0.15, 0.2) is 57.8 Å². The quantitative estimate of drug-likeness (QED) is 0.452. The molecule has 0 aliphatic carbocycles. The van der Waals surface area contributed by atoms with Crippen LogP contribution in [-0.2, 0) is 16.0 Å². The van der Waals surface area contributed by atoms with Crippen LogP contribution in [0, 0.1) is 0 Å². The summed E-state index contributed by atoms with van der Waals surface area (Å²) in [5, 5.41) is 0. The Balaban J connectivity index is 1.73. The van der Waals surface area contributed by atoms with Gasteiger partial charge in [0.2, 0.25) is 5.90 Å². The summed E-state index contributed by atoms with van der Waals surface area (Å²) in [5.41, 5.74) is 2.35. The number of hydrogen-bond donors (Lipinski definition) is 0. The van der Waals surface area contributed by atoms with Crippen molar-refractivity contribution in [2.45, 2.75) is 32.6 Å². The van der Waals surface area contributed by atoms with Crippen LogP contribution in [0.2, 0.25) is 0 Å². The number of aliphatic imine (C=N–C) groups is 1. The minimum Gasteiger partial charge on any atom is -0.465 e. The van der Waals surface area contributed by atoms with Gasteiger partial charge in [0.1, 0.15) is 5.76 Å². The van der Waals surface area contributed by atoms with Crippen molar-refractivity contribution in [1.82, 2.24) is 0 Å². The van der Waals surface area contributed by atoms with Crippen LogP contribution in [0.25, 0.3) is 6.08 Å². The Bertz CT molecular complexity index is 724. The Kier molecular flexibility index (Phi) is 4.71. The number of carbonyl (C=O) groups is 1. The van der Waals surface area contributed by atoms with Crippen molar-refractivity contribution in [3.05, 3.63) is 65.2 Å². The van der Waals surface area contributed by atoms with Gasteiger partial charge in [0, 0.05) is 11.6 Å². The summed E-state index contributed by atoms with van der Waals surface area (Å²) >= 11 is 0. The first-order valence-corrected chi connectivity index (χ1v) is 7.91. The Hall–Kier alpha value is -2.62. The molecule has 0 amide bonds. The van der Waals surface area contributed by atoms with Crippen molar-refractivity contribution in [2.75, 3.05) is 0 Å². The van der Waals surface area contributed by atoms with E-state index in [0.29, 0.717) is 11.7 Å². The van der Waals surface area contributed by atoms with Gasteiger partial charge >= 0.3 is 5.97 Å². The summed E-state index contributed by atoms with van der Waals surface area (Å²) in [6.45, 7) is 2.20. The lowest BCUT2D eigenvalue weighted by atomic mass is 10.1.